The standard InChI is InChI=1S/C14H22O.C7H9N.C4H10N2/c1-3-5-6-7-10-13-12(4-2)9-8-11-14(13)15;1-8-7-5-3-2-4-6-7;1-2-6-4-3-5-1/h8-9,11,15H,3-7,10H2,1-2H3;2-6,8H,1H3;5-6H,1-4H2. The molecule has 0 radical (unpaired) electrons. The van der Waals surface area contributed by atoms with Crippen LogP contribution in [0.4, 0.5) is 5.69 Å². The van der Waals surface area contributed by atoms with Crippen molar-refractivity contribution in [2.75, 3.05) is 38.5 Å². The van der Waals surface area contributed by atoms with E-state index in [1.807, 2.05) is 43.4 Å². The van der Waals surface area contributed by atoms with E-state index in [0.717, 1.165) is 50.3 Å². The number of hydrogen-bond donors (Lipinski definition) is 4. The van der Waals surface area contributed by atoms with Gasteiger partial charge in [0, 0.05) is 38.9 Å². The molecule has 4 nitrogen and oxygen atoms in total. The van der Waals surface area contributed by atoms with E-state index in [9.17, 15) is 5.11 Å². The molecule has 1 heterocycles. The lowest BCUT2D eigenvalue weighted by Crippen LogP contribution is -2.39. The van der Waals surface area contributed by atoms with E-state index in [2.05, 4.69) is 35.9 Å². The number of nitrogens with one attached hydrogen (secondary N) is 3. The summed E-state index contributed by atoms with van der Waals surface area (Å²) in [6, 6.07) is 15.9. The monoisotopic (exact) mass is 399 g/mol. The molecular weight excluding hydrogens is 358 g/mol. The van der Waals surface area contributed by atoms with Crippen molar-refractivity contribution in [1.82, 2.24) is 10.6 Å². The molecule has 29 heavy (non-hydrogen) atoms. The second-order valence-corrected chi connectivity index (χ2v) is 7.20. The van der Waals surface area contributed by atoms with Gasteiger partial charge in [0.1, 0.15) is 5.75 Å². The molecule has 0 saturated carbocycles. The van der Waals surface area contributed by atoms with Crippen molar-refractivity contribution in [1.29, 1.82) is 0 Å². The highest BCUT2D eigenvalue weighted by atomic mass is 16.3. The first-order valence-corrected chi connectivity index (χ1v) is 11.2. The molecule has 0 aromatic heterocycles. The minimum absolute atomic E-state index is 0.478. The van der Waals surface area contributed by atoms with Gasteiger partial charge >= 0.3 is 0 Å². The number of rotatable bonds is 7. The predicted octanol–water partition coefficient (Wildman–Crippen LogP) is 4.98. The van der Waals surface area contributed by atoms with Crippen LogP contribution in [-0.4, -0.2) is 38.3 Å². The summed E-state index contributed by atoms with van der Waals surface area (Å²) in [7, 11) is 1.91. The summed E-state index contributed by atoms with van der Waals surface area (Å²) >= 11 is 0. The van der Waals surface area contributed by atoms with Crippen molar-refractivity contribution in [3.05, 3.63) is 59.7 Å². The van der Waals surface area contributed by atoms with Gasteiger partial charge in [0.15, 0.2) is 0 Å². The van der Waals surface area contributed by atoms with Crippen LogP contribution in [0.25, 0.3) is 0 Å². The van der Waals surface area contributed by atoms with Gasteiger partial charge in [0.25, 0.3) is 0 Å². The Hall–Kier alpha value is -2.04. The van der Waals surface area contributed by atoms with Crippen molar-refractivity contribution < 1.29 is 5.11 Å². The normalized spacial score (nSPS) is 12.8. The average molecular weight is 400 g/mol. The van der Waals surface area contributed by atoms with Crippen LogP contribution in [0.1, 0.15) is 50.7 Å². The first kappa shape index (κ1) is 25.0. The Morgan fingerprint density at radius 3 is 1.97 bits per heavy atom. The molecule has 3 rings (SSSR count). The Bertz CT molecular complexity index is 616. The zero-order chi connectivity index (χ0) is 21.2. The van der Waals surface area contributed by atoms with Crippen LogP contribution in [0.15, 0.2) is 48.5 Å². The van der Waals surface area contributed by atoms with Crippen molar-refractivity contribution in [3.63, 3.8) is 0 Å². The predicted molar refractivity (Wildman–Crippen MR) is 127 cm³/mol. The molecule has 4 heteroatoms. The second-order valence-electron chi connectivity index (χ2n) is 7.20. The van der Waals surface area contributed by atoms with Gasteiger partial charge in [-0.05, 0) is 48.6 Å². The third kappa shape index (κ3) is 11.5. The van der Waals surface area contributed by atoms with E-state index in [1.165, 1.54) is 31.2 Å². The fourth-order valence-electron chi connectivity index (χ4n) is 3.18. The fourth-order valence-corrected chi connectivity index (χ4v) is 3.18. The Balaban J connectivity index is 0.000000248. The van der Waals surface area contributed by atoms with E-state index < -0.39 is 0 Å². The molecule has 4 N–H and O–H groups in total. The topological polar surface area (TPSA) is 56.3 Å². The van der Waals surface area contributed by atoms with Crippen molar-refractivity contribution in [2.24, 2.45) is 0 Å². The van der Waals surface area contributed by atoms with E-state index >= 15 is 0 Å². The Kier molecular flexibility index (Phi) is 14.5. The van der Waals surface area contributed by atoms with Gasteiger partial charge in [-0.2, -0.15) is 0 Å². The van der Waals surface area contributed by atoms with Crippen LogP contribution >= 0.6 is 0 Å². The third-order valence-corrected chi connectivity index (χ3v) is 4.93. The van der Waals surface area contributed by atoms with Crippen molar-refractivity contribution >= 4 is 5.69 Å². The summed E-state index contributed by atoms with van der Waals surface area (Å²) < 4.78 is 0. The average Bonchev–Trinajstić information content (AvgIpc) is 2.80. The van der Waals surface area contributed by atoms with Gasteiger partial charge in [-0.15, -0.1) is 0 Å². The van der Waals surface area contributed by atoms with E-state index in [4.69, 9.17) is 0 Å². The number of benzene rings is 2. The number of aromatic hydroxyl groups is 1. The van der Waals surface area contributed by atoms with Crippen LogP contribution < -0.4 is 16.0 Å². The molecule has 162 valence electrons. The smallest absolute Gasteiger partial charge is 0.119 e. The van der Waals surface area contributed by atoms with E-state index in [0.29, 0.717) is 5.75 Å². The summed E-state index contributed by atoms with van der Waals surface area (Å²) in [6.45, 7) is 8.92. The van der Waals surface area contributed by atoms with Crippen molar-refractivity contribution in [3.8, 4) is 5.75 Å². The quantitative estimate of drug-likeness (QED) is 0.496. The maximum atomic E-state index is 9.78. The van der Waals surface area contributed by atoms with Crippen LogP contribution in [0.2, 0.25) is 0 Å². The number of phenols is 1. The Morgan fingerprint density at radius 1 is 0.828 bits per heavy atom. The SMILES string of the molecule is C1CNCCN1.CCCCCCc1c(O)cccc1CC.CNc1ccccc1. The van der Waals surface area contributed by atoms with Crippen molar-refractivity contribution in [2.45, 2.75) is 52.4 Å². The number of unbranched alkanes of at least 4 members (excludes halogenated alkanes) is 3. The molecule has 0 spiro atoms. The Morgan fingerprint density at radius 2 is 1.48 bits per heavy atom. The third-order valence-electron chi connectivity index (χ3n) is 4.93. The molecule has 0 amide bonds. The number of para-hydroxylation sites is 1. The largest absolute Gasteiger partial charge is 0.508 e. The van der Waals surface area contributed by atoms with Gasteiger partial charge in [-0.3, -0.25) is 0 Å². The maximum Gasteiger partial charge on any atom is 0.119 e. The summed E-state index contributed by atoms with van der Waals surface area (Å²) in [6.07, 6.45) is 7.07. The summed E-state index contributed by atoms with van der Waals surface area (Å²) in [5, 5.41) is 19.3. The number of piperazine rings is 1. The van der Waals surface area contributed by atoms with E-state index in [-0.39, 0.29) is 0 Å². The first-order valence-electron chi connectivity index (χ1n) is 11.2. The minimum atomic E-state index is 0.478. The van der Waals surface area contributed by atoms with Gasteiger partial charge < -0.3 is 21.1 Å². The lowest BCUT2D eigenvalue weighted by Gasteiger charge is -2.11. The summed E-state index contributed by atoms with van der Waals surface area (Å²) in [5.41, 5.74) is 3.62. The number of phenolic OH excluding ortho intramolecular Hbond substituents is 1. The molecular formula is C25H41N3O. The fraction of sp³-hybridized carbons (Fsp3) is 0.520. The van der Waals surface area contributed by atoms with E-state index in [1.54, 1.807) is 6.07 Å². The number of anilines is 1. The Labute approximate surface area is 178 Å². The molecule has 1 aliphatic heterocycles. The maximum absolute atomic E-state index is 9.78. The zero-order valence-corrected chi connectivity index (χ0v) is 18.6. The van der Waals surface area contributed by atoms with Crippen LogP contribution in [0.5, 0.6) is 5.75 Å². The molecule has 1 aliphatic rings. The van der Waals surface area contributed by atoms with Crippen LogP contribution in [0.3, 0.4) is 0 Å². The summed E-state index contributed by atoms with van der Waals surface area (Å²) in [5.74, 6) is 0.478. The molecule has 1 fully saturated rings. The molecule has 0 unspecified atom stereocenters. The highest BCUT2D eigenvalue weighted by molar-refractivity contribution is 5.41. The zero-order valence-electron chi connectivity index (χ0n) is 18.6. The number of hydrogen-bond acceptors (Lipinski definition) is 4. The second kappa shape index (κ2) is 16.9. The first-order chi connectivity index (χ1) is 14.2. The van der Waals surface area contributed by atoms with Gasteiger partial charge in [-0.25, -0.2) is 0 Å². The van der Waals surface area contributed by atoms with Crippen LogP contribution in [0, 0.1) is 0 Å². The van der Waals surface area contributed by atoms with Gasteiger partial charge in [0.05, 0.1) is 0 Å². The lowest BCUT2D eigenvalue weighted by atomic mass is 9.98. The van der Waals surface area contributed by atoms with Gasteiger partial charge in [0.2, 0.25) is 0 Å². The molecule has 1 saturated heterocycles. The van der Waals surface area contributed by atoms with Gasteiger partial charge in [-0.1, -0.05) is 63.4 Å². The molecule has 0 atom stereocenters. The summed E-state index contributed by atoms with van der Waals surface area (Å²) in [4.78, 5) is 0. The molecule has 0 bridgehead atoms. The highest BCUT2D eigenvalue weighted by Crippen LogP contribution is 2.23. The molecule has 2 aromatic carbocycles. The molecule has 0 aliphatic carbocycles. The molecule has 2 aromatic rings. The number of aryl methyl sites for hydroxylation is 1. The lowest BCUT2D eigenvalue weighted by molar-refractivity contribution is 0.465. The minimum Gasteiger partial charge on any atom is -0.508 e. The van der Waals surface area contributed by atoms with Crippen LogP contribution in [-0.2, 0) is 12.8 Å². The highest BCUT2D eigenvalue weighted by Gasteiger charge is 2.05.